The minimum atomic E-state index is -4.00. The lowest BCUT2D eigenvalue weighted by Gasteiger charge is -2.10. The van der Waals surface area contributed by atoms with Gasteiger partial charge in [0.25, 0.3) is 10.0 Å². The van der Waals surface area contributed by atoms with Crippen LogP contribution in [0.2, 0.25) is 0 Å². The minimum absolute atomic E-state index is 0.0484. The first-order valence-corrected chi connectivity index (χ1v) is 7.74. The number of nitrogens with two attached hydrogens (primary N) is 1. The topological polar surface area (TPSA) is 109 Å². The zero-order chi connectivity index (χ0) is 15.6. The van der Waals surface area contributed by atoms with Crippen molar-refractivity contribution in [1.29, 1.82) is 5.26 Å². The van der Waals surface area contributed by atoms with E-state index in [1.54, 1.807) is 6.07 Å². The zero-order valence-electron chi connectivity index (χ0n) is 10.3. The van der Waals surface area contributed by atoms with Gasteiger partial charge in [0.05, 0.1) is 11.3 Å². The van der Waals surface area contributed by atoms with E-state index < -0.39 is 15.8 Å². The van der Waals surface area contributed by atoms with Gasteiger partial charge in [-0.25, -0.2) is 17.8 Å². The third-order valence-electron chi connectivity index (χ3n) is 2.48. The van der Waals surface area contributed by atoms with Gasteiger partial charge in [-0.2, -0.15) is 5.26 Å². The van der Waals surface area contributed by atoms with Crippen LogP contribution in [0.25, 0.3) is 0 Å². The van der Waals surface area contributed by atoms with Crippen LogP contribution in [0.5, 0.6) is 0 Å². The Bertz CT molecular complexity index is 849. The summed E-state index contributed by atoms with van der Waals surface area (Å²) >= 11 is 3.10. The van der Waals surface area contributed by atoms with E-state index in [0.717, 1.165) is 12.1 Å². The van der Waals surface area contributed by atoms with Crippen molar-refractivity contribution in [2.24, 2.45) is 0 Å². The highest BCUT2D eigenvalue weighted by Gasteiger charge is 2.19. The van der Waals surface area contributed by atoms with Gasteiger partial charge in [-0.05, 0) is 40.2 Å². The third-order valence-corrected chi connectivity index (χ3v) is 4.32. The van der Waals surface area contributed by atoms with Crippen LogP contribution in [0.1, 0.15) is 5.56 Å². The molecule has 108 valence electrons. The molecule has 21 heavy (non-hydrogen) atoms. The van der Waals surface area contributed by atoms with Gasteiger partial charge in [0.2, 0.25) is 0 Å². The van der Waals surface area contributed by atoms with Crippen molar-refractivity contribution in [3.63, 3.8) is 0 Å². The maximum atomic E-state index is 13.2. The Kier molecular flexibility index (Phi) is 4.11. The Labute approximate surface area is 128 Å². The van der Waals surface area contributed by atoms with E-state index in [4.69, 9.17) is 11.0 Å². The Morgan fingerprint density at radius 2 is 2.10 bits per heavy atom. The maximum Gasteiger partial charge on any atom is 0.265 e. The van der Waals surface area contributed by atoms with Gasteiger partial charge < -0.3 is 5.73 Å². The molecule has 2 rings (SSSR count). The van der Waals surface area contributed by atoms with Crippen molar-refractivity contribution >= 4 is 37.5 Å². The number of anilines is 2. The molecule has 0 saturated heterocycles. The molecule has 0 bridgehead atoms. The lowest BCUT2D eigenvalue weighted by molar-refractivity contribution is 0.601. The predicted molar refractivity (Wildman–Crippen MR) is 78.3 cm³/mol. The number of halogens is 2. The molecule has 3 N–H and O–H groups in total. The van der Waals surface area contributed by atoms with Gasteiger partial charge in [0, 0.05) is 10.7 Å². The van der Waals surface area contributed by atoms with Crippen LogP contribution in [0.3, 0.4) is 0 Å². The Balaban J connectivity index is 2.43. The molecule has 0 saturated carbocycles. The largest absolute Gasteiger partial charge is 0.383 e. The summed E-state index contributed by atoms with van der Waals surface area (Å²) < 4.78 is 40.3. The lowest BCUT2D eigenvalue weighted by Crippen LogP contribution is -2.15. The molecule has 0 fully saturated rings. The van der Waals surface area contributed by atoms with E-state index in [0.29, 0.717) is 4.47 Å². The molecule has 0 aliphatic heterocycles. The van der Waals surface area contributed by atoms with Gasteiger partial charge >= 0.3 is 0 Å². The fourth-order valence-electron chi connectivity index (χ4n) is 1.53. The lowest BCUT2D eigenvalue weighted by atomic mass is 10.2. The predicted octanol–water partition coefficient (Wildman–Crippen LogP) is 2.24. The monoisotopic (exact) mass is 370 g/mol. The van der Waals surface area contributed by atoms with E-state index in [2.05, 4.69) is 25.6 Å². The van der Waals surface area contributed by atoms with Crippen LogP contribution in [0.4, 0.5) is 15.9 Å². The molecule has 1 aromatic heterocycles. The van der Waals surface area contributed by atoms with Crippen molar-refractivity contribution in [1.82, 2.24) is 4.98 Å². The van der Waals surface area contributed by atoms with E-state index >= 15 is 0 Å². The van der Waals surface area contributed by atoms with E-state index in [1.165, 1.54) is 18.3 Å². The number of hydrogen-bond acceptors (Lipinski definition) is 5. The van der Waals surface area contributed by atoms with Crippen molar-refractivity contribution < 1.29 is 12.8 Å². The SMILES string of the molecule is N#Cc1cc(NS(=O)(=O)c2cc(Br)cnc2N)ccc1F. The number of nitriles is 1. The van der Waals surface area contributed by atoms with E-state index in [1.807, 2.05) is 0 Å². The fourth-order valence-corrected chi connectivity index (χ4v) is 3.17. The van der Waals surface area contributed by atoms with Gasteiger partial charge in [0.15, 0.2) is 0 Å². The summed E-state index contributed by atoms with van der Waals surface area (Å²) in [7, 11) is -4.00. The Morgan fingerprint density at radius 1 is 1.38 bits per heavy atom. The third kappa shape index (κ3) is 3.29. The van der Waals surface area contributed by atoms with Crippen molar-refractivity contribution in [2.45, 2.75) is 4.90 Å². The first-order chi connectivity index (χ1) is 9.83. The van der Waals surface area contributed by atoms with Gasteiger partial charge in [0.1, 0.15) is 22.6 Å². The number of hydrogen-bond donors (Lipinski definition) is 2. The normalized spacial score (nSPS) is 10.9. The zero-order valence-corrected chi connectivity index (χ0v) is 12.7. The summed E-state index contributed by atoms with van der Waals surface area (Å²) in [4.78, 5) is 3.51. The van der Waals surface area contributed by atoms with E-state index in [-0.39, 0.29) is 22.0 Å². The summed E-state index contributed by atoms with van der Waals surface area (Å²) in [5, 5.41) is 8.74. The van der Waals surface area contributed by atoms with Crippen molar-refractivity contribution in [3.05, 3.63) is 46.3 Å². The van der Waals surface area contributed by atoms with Crippen LogP contribution < -0.4 is 10.5 Å². The number of nitrogen functional groups attached to an aromatic ring is 1. The molecule has 0 spiro atoms. The van der Waals surface area contributed by atoms with Crippen LogP contribution in [0.15, 0.2) is 39.8 Å². The number of benzene rings is 1. The quantitative estimate of drug-likeness (QED) is 0.860. The second kappa shape index (κ2) is 5.67. The second-order valence-corrected chi connectivity index (χ2v) is 6.52. The number of pyridine rings is 1. The molecule has 9 heteroatoms. The number of nitrogens with zero attached hydrogens (tertiary/aromatic N) is 2. The number of aromatic nitrogens is 1. The number of sulfonamides is 1. The summed E-state index contributed by atoms with van der Waals surface area (Å²) in [6.45, 7) is 0. The summed E-state index contributed by atoms with van der Waals surface area (Å²) in [5.74, 6) is -0.905. The van der Waals surface area contributed by atoms with E-state index in [9.17, 15) is 12.8 Å². The van der Waals surface area contributed by atoms with Gasteiger partial charge in [-0.3, -0.25) is 4.72 Å². The smallest absolute Gasteiger partial charge is 0.265 e. The Hall–Kier alpha value is -2.18. The average molecular weight is 371 g/mol. The van der Waals surface area contributed by atoms with Gasteiger partial charge in [-0.15, -0.1) is 0 Å². The minimum Gasteiger partial charge on any atom is -0.383 e. The molecule has 0 radical (unpaired) electrons. The average Bonchev–Trinajstić information content (AvgIpc) is 2.43. The molecule has 0 aliphatic rings. The summed E-state index contributed by atoms with van der Waals surface area (Å²) in [5.41, 5.74) is 5.33. The molecule has 0 unspecified atom stereocenters. The molecule has 1 aromatic carbocycles. The standard InChI is InChI=1S/C12H8BrFN4O2S/c13-8-4-11(12(16)17-6-8)21(19,20)18-9-1-2-10(14)7(3-9)5-15/h1-4,6,18H,(H2,16,17). The first kappa shape index (κ1) is 15.2. The van der Waals surface area contributed by atoms with Crippen LogP contribution in [-0.4, -0.2) is 13.4 Å². The highest BCUT2D eigenvalue weighted by atomic mass is 79.9. The fraction of sp³-hybridized carbons (Fsp3) is 0. The highest BCUT2D eigenvalue weighted by molar-refractivity contribution is 9.10. The van der Waals surface area contributed by atoms with Crippen molar-refractivity contribution in [2.75, 3.05) is 10.5 Å². The van der Waals surface area contributed by atoms with Crippen LogP contribution in [0, 0.1) is 17.1 Å². The maximum absolute atomic E-state index is 13.2. The van der Waals surface area contributed by atoms with Crippen LogP contribution in [-0.2, 0) is 10.0 Å². The molecule has 2 aromatic rings. The molecule has 1 heterocycles. The molecular formula is C12H8BrFN4O2S. The summed E-state index contributed by atoms with van der Waals surface area (Å²) in [6.07, 6.45) is 1.36. The van der Waals surface area contributed by atoms with Gasteiger partial charge in [-0.1, -0.05) is 0 Å². The number of nitrogens with one attached hydrogen (secondary N) is 1. The highest BCUT2D eigenvalue weighted by Crippen LogP contribution is 2.24. The molecule has 6 nitrogen and oxygen atoms in total. The summed E-state index contributed by atoms with van der Waals surface area (Å²) in [6, 6.07) is 6.21. The number of rotatable bonds is 3. The first-order valence-electron chi connectivity index (χ1n) is 5.47. The second-order valence-electron chi connectivity index (χ2n) is 3.95. The molecular weight excluding hydrogens is 363 g/mol. The molecule has 0 atom stereocenters. The molecule has 0 amide bonds. The molecule has 0 aliphatic carbocycles. The van der Waals surface area contributed by atoms with Crippen LogP contribution >= 0.6 is 15.9 Å². The van der Waals surface area contributed by atoms with Crippen molar-refractivity contribution in [3.8, 4) is 6.07 Å². The Morgan fingerprint density at radius 3 is 2.76 bits per heavy atom.